The highest BCUT2D eigenvalue weighted by molar-refractivity contribution is 7.71. The van der Waals surface area contributed by atoms with Gasteiger partial charge in [0.1, 0.15) is 10.5 Å². The molecule has 0 spiro atoms. The molecule has 17 heavy (non-hydrogen) atoms. The summed E-state index contributed by atoms with van der Waals surface area (Å²) in [4.78, 5) is 11.9. The van der Waals surface area contributed by atoms with Gasteiger partial charge in [-0.3, -0.25) is 4.98 Å². The van der Waals surface area contributed by atoms with Crippen molar-refractivity contribution in [2.75, 3.05) is 0 Å². The molecule has 3 nitrogen and oxygen atoms in total. The van der Waals surface area contributed by atoms with Crippen LogP contribution in [0.5, 0.6) is 0 Å². The third-order valence-electron chi connectivity index (χ3n) is 2.84. The van der Waals surface area contributed by atoms with Crippen molar-refractivity contribution in [3.05, 3.63) is 40.1 Å². The van der Waals surface area contributed by atoms with Gasteiger partial charge in [-0.25, -0.2) is 4.98 Å². The van der Waals surface area contributed by atoms with Gasteiger partial charge in [0.2, 0.25) is 0 Å². The summed E-state index contributed by atoms with van der Waals surface area (Å²) in [6.45, 7) is 6.12. The van der Waals surface area contributed by atoms with Crippen molar-refractivity contribution in [2.45, 2.75) is 27.2 Å². The molecular formula is C13H15N3S. The van der Waals surface area contributed by atoms with Gasteiger partial charge in [0.25, 0.3) is 0 Å². The van der Waals surface area contributed by atoms with Gasteiger partial charge in [-0.1, -0.05) is 19.1 Å². The largest absolute Gasteiger partial charge is 0.343 e. The number of hydrogen-bond acceptors (Lipinski definition) is 3. The van der Waals surface area contributed by atoms with Crippen molar-refractivity contribution >= 4 is 12.2 Å². The summed E-state index contributed by atoms with van der Waals surface area (Å²) in [5.41, 5.74) is 4.32. The molecule has 0 atom stereocenters. The van der Waals surface area contributed by atoms with Crippen molar-refractivity contribution in [3.8, 4) is 11.3 Å². The zero-order valence-corrected chi connectivity index (χ0v) is 11.1. The zero-order chi connectivity index (χ0) is 12.4. The van der Waals surface area contributed by atoms with E-state index in [-0.39, 0.29) is 0 Å². The van der Waals surface area contributed by atoms with Gasteiger partial charge >= 0.3 is 0 Å². The minimum absolute atomic E-state index is 0.666. The Morgan fingerprint density at radius 1 is 1.35 bits per heavy atom. The highest BCUT2D eigenvalue weighted by Gasteiger charge is 2.08. The zero-order valence-electron chi connectivity index (χ0n) is 10.2. The van der Waals surface area contributed by atoms with Crippen LogP contribution in [-0.2, 0) is 6.42 Å². The van der Waals surface area contributed by atoms with Gasteiger partial charge in [-0.05, 0) is 25.5 Å². The lowest BCUT2D eigenvalue weighted by Crippen LogP contribution is -2.00. The molecule has 0 aliphatic heterocycles. The number of aromatic nitrogens is 3. The Labute approximate surface area is 106 Å². The van der Waals surface area contributed by atoms with Crippen LogP contribution < -0.4 is 0 Å². The lowest BCUT2D eigenvalue weighted by Gasteiger charge is -2.10. The van der Waals surface area contributed by atoms with Crippen molar-refractivity contribution in [2.24, 2.45) is 0 Å². The molecule has 2 aromatic rings. The van der Waals surface area contributed by atoms with Crippen LogP contribution in [-0.4, -0.2) is 15.0 Å². The molecule has 0 fully saturated rings. The monoisotopic (exact) mass is 245 g/mol. The minimum atomic E-state index is 0.666. The van der Waals surface area contributed by atoms with Gasteiger partial charge in [-0.15, -0.1) is 0 Å². The summed E-state index contributed by atoms with van der Waals surface area (Å²) in [6.07, 6.45) is 4.50. The summed E-state index contributed by atoms with van der Waals surface area (Å²) < 4.78 is 0.666. The molecule has 2 heterocycles. The Morgan fingerprint density at radius 2 is 2.12 bits per heavy atom. The fourth-order valence-corrected chi connectivity index (χ4v) is 1.95. The maximum atomic E-state index is 5.29. The lowest BCUT2D eigenvalue weighted by molar-refractivity contribution is 0.925. The molecule has 88 valence electrons. The minimum Gasteiger partial charge on any atom is -0.343 e. The third kappa shape index (κ3) is 2.26. The molecular weight excluding hydrogens is 230 g/mol. The van der Waals surface area contributed by atoms with E-state index in [0.717, 1.165) is 29.1 Å². The first-order valence-corrected chi connectivity index (χ1v) is 6.05. The highest BCUT2D eigenvalue weighted by atomic mass is 32.1. The van der Waals surface area contributed by atoms with Crippen molar-refractivity contribution in [3.63, 3.8) is 0 Å². The molecule has 0 aliphatic rings. The summed E-state index contributed by atoms with van der Waals surface area (Å²) >= 11 is 5.29. The van der Waals surface area contributed by atoms with E-state index in [1.165, 1.54) is 5.56 Å². The summed E-state index contributed by atoms with van der Waals surface area (Å²) in [7, 11) is 0. The quantitative estimate of drug-likeness (QED) is 0.825. The standard InChI is InChI=1S/C13H15N3S/c1-4-11-15-12(9(3)13(17)16-11)10-7-14-6-5-8(10)2/h5-7H,4H2,1-3H3,(H,15,16,17). The number of H-pyrrole nitrogens is 1. The Hall–Kier alpha value is -1.55. The normalized spacial score (nSPS) is 10.5. The topological polar surface area (TPSA) is 41.6 Å². The molecule has 0 saturated heterocycles. The SMILES string of the molecule is CCc1nc(=S)c(C)c(-c2cnccc2C)[nH]1. The number of aromatic amines is 1. The van der Waals surface area contributed by atoms with E-state index in [2.05, 4.69) is 28.8 Å². The molecule has 2 rings (SSSR count). The Morgan fingerprint density at radius 3 is 2.76 bits per heavy atom. The second-order valence-electron chi connectivity index (χ2n) is 4.03. The molecule has 0 aliphatic carbocycles. The molecule has 1 N–H and O–H groups in total. The molecule has 0 amide bonds. The van der Waals surface area contributed by atoms with Crippen molar-refractivity contribution in [1.29, 1.82) is 0 Å². The molecule has 0 saturated carbocycles. The van der Waals surface area contributed by atoms with Gasteiger partial charge in [-0.2, -0.15) is 0 Å². The van der Waals surface area contributed by atoms with Gasteiger partial charge in [0.05, 0.1) is 5.69 Å². The molecule has 0 bridgehead atoms. The van der Waals surface area contributed by atoms with Crippen LogP contribution in [0.1, 0.15) is 23.9 Å². The second-order valence-corrected chi connectivity index (χ2v) is 4.42. The van der Waals surface area contributed by atoms with Crippen molar-refractivity contribution < 1.29 is 0 Å². The Kier molecular flexibility index (Phi) is 3.33. The molecule has 0 unspecified atom stereocenters. The number of hydrogen-bond donors (Lipinski definition) is 1. The van der Waals surface area contributed by atoms with E-state index in [9.17, 15) is 0 Å². The van der Waals surface area contributed by atoms with Crippen LogP contribution in [0.4, 0.5) is 0 Å². The first kappa shape index (κ1) is 11.9. The highest BCUT2D eigenvalue weighted by Crippen LogP contribution is 2.23. The van der Waals surface area contributed by atoms with Crippen molar-refractivity contribution in [1.82, 2.24) is 15.0 Å². The number of nitrogens with one attached hydrogen (secondary N) is 1. The van der Waals surface area contributed by atoms with E-state index in [0.29, 0.717) is 4.64 Å². The van der Waals surface area contributed by atoms with E-state index in [1.54, 1.807) is 6.20 Å². The number of nitrogens with zero attached hydrogens (tertiary/aromatic N) is 2. The predicted molar refractivity (Wildman–Crippen MR) is 71.5 cm³/mol. The van der Waals surface area contributed by atoms with E-state index in [1.807, 2.05) is 19.2 Å². The van der Waals surface area contributed by atoms with E-state index in [4.69, 9.17) is 12.2 Å². The second kappa shape index (κ2) is 4.75. The maximum absolute atomic E-state index is 5.29. The molecule has 0 radical (unpaired) electrons. The fourth-order valence-electron chi connectivity index (χ4n) is 1.74. The average Bonchev–Trinajstić information content (AvgIpc) is 2.33. The molecule has 0 aromatic carbocycles. The first-order valence-electron chi connectivity index (χ1n) is 5.64. The van der Waals surface area contributed by atoms with Crippen LogP contribution in [0.15, 0.2) is 18.5 Å². The Bertz CT molecular complexity index is 602. The smallest absolute Gasteiger partial charge is 0.133 e. The van der Waals surface area contributed by atoms with Gasteiger partial charge in [0.15, 0.2) is 0 Å². The maximum Gasteiger partial charge on any atom is 0.133 e. The fraction of sp³-hybridized carbons (Fsp3) is 0.308. The summed E-state index contributed by atoms with van der Waals surface area (Å²) in [5.74, 6) is 0.916. The van der Waals surface area contributed by atoms with E-state index >= 15 is 0 Å². The average molecular weight is 245 g/mol. The van der Waals surface area contributed by atoms with Crippen LogP contribution in [0.2, 0.25) is 0 Å². The third-order valence-corrected chi connectivity index (χ3v) is 3.24. The predicted octanol–water partition coefficient (Wildman–Crippen LogP) is 3.38. The number of pyridine rings is 1. The van der Waals surface area contributed by atoms with Crippen LogP contribution in [0.25, 0.3) is 11.3 Å². The lowest BCUT2D eigenvalue weighted by atomic mass is 10.1. The van der Waals surface area contributed by atoms with Crippen LogP contribution in [0, 0.1) is 18.5 Å². The summed E-state index contributed by atoms with van der Waals surface area (Å²) in [6, 6.07) is 2.00. The molecule has 2 aromatic heterocycles. The molecule has 4 heteroatoms. The van der Waals surface area contributed by atoms with Gasteiger partial charge < -0.3 is 4.98 Å². The summed E-state index contributed by atoms with van der Waals surface area (Å²) in [5, 5.41) is 0. The van der Waals surface area contributed by atoms with Gasteiger partial charge in [0, 0.05) is 29.9 Å². The van der Waals surface area contributed by atoms with Crippen LogP contribution in [0.3, 0.4) is 0 Å². The number of rotatable bonds is 2. The number of aryl methyl sites for hydroxylation is 2. The van der Waals surface area contributed by atoms with E-state index < -0.39 is 0 Å². The first-order chi connectivity index (χ1) is 8.13. The Balaban J connectivity index is 2.71. The van der Waals surface area contributed by atoms with Crippen LogP contribution >= 0.6 is 12.2 Å².